The van der Waals surface area contributed by atoms with Crippen molar-refractivity contribution in [1.82, 2.24) is 15.1 Å². The van der Waals surface area contributed by atoms with Crippen LogP contribution in [0.2, 0.25) is 10.0 Å². The second-order valence-corrected chi connectivity index (χ2v) is 11.3. The number of benzene rings is 2. The molecule has 4 atom stereocenters. The van der Waals surface area contributed by atoms with Crippen molar-refractivity contribution in [3.8, 4) is 0 Å². The zero-order valence-electron chi connectivity index (χ0n) is 21.4. The lowest BCUT2D eigenvalue weighted by atomic mass is 9.95. The van der Waals surface area contributed by atoms with Gasteiger partial charge in [0.1, 0.15) is 6.04 Å². The molecule has 6 nitrogen and oxygen atoms in total. The Labute approximate surface area is 236 Å². The standard InChI is InChI=1S/C28H36Cl2N4O2.ClH/c1-18(2)12-25(27(35)32-15-20-9-11-23(29)24(30)13-20)34-17-22(10-8-19-6-4-3-5-7-19)33-16-21(31)14-26(33)28(34)36;/h3-7,9,11,13,18,21-22,25-26H,8,10,12,14-17,31H2,1-2H3,(H,32,35);1H/t21-,22?,25?,26+;/m1./s1. The van der Waals surface area contributed by atoms with Crippen molar-refractivity contribution < 1.29 is 9.59 Å². The van der Waals surface area contributed by atoms with Gasteiger partial charge in [0.25, 0.3) is 0 Å². The highest BCUT2D eigenvalue weighted by atomic mass is 35.5. The van der Waals surface area contributed by atoms with Gasteiger partial charge in [-0.2, -0.15) is 0 Å². The molecule has 0 radical (unpaired) electrons. The van der Waals surface area contributed by atoms with Gasteiger partial charge in [-0.15, -0.1) is 12.4 Å². The van der Waals surface area contributed by atoms with Crippen molar-refractivity contribution in [1.29, 1.82) is 0 Å². The lowest BCUT2D eigenvalue weighted by Gasteiger charge is -2.46. The van der Waals surface area contributed by atoms with Crippen molar-refractivity contribution in [2.75, 3.05) is 13.1 Å². The van der Waals surface area contributed by atoms with Gasteiger partial charge in [0.15, 0.2) is 0 Å². The van der Waals surface area contributed by atoms with Crippen LogP contribution in [0.5, 0.6) is 0 Å². The van der Waals surface area contributed by atoms with E-state index >= 15 is 0 Å². The summed E-state index contributed by atoms with van der Waals surface area (Å²) in [6.45, 7) is 5.75. The van der Waals surface area contributed by atoms with Gasteiger partial charge in [0, 0.05) is 31.7 Å². The quantitative estimate of drug-likeness (QED) is 0.461. The smallest absolute Gasteiger partial charge is 0.243 e. The highest BCUT2D eigenvalue weighted by molar-refractivity contribution is 6.42. The number of rotatable bonds is 9. The first-order chi connectivity index (χ1) is 17.2. The SMILES string of the molecule is CC(C)CC(C(=O)NCc1ccc(Cl)c(Cl)c1)N1CC(CCc2ccccc2)N2C[C@H](N)C[C@H]2C1=O.Cl. The van der Waals surface area contributed by atoms with E-state index < -0.39 is 6.04 Å². The summed E-state index contributed by atoms with van der Waals surface area (Å²) in [6, 6.07) is 15.1. The highest BCUT2D eigenvalue weighted by Gasteiger charge is 2.48. The van der Waals surface area contributed by atoms with Crippen molar-refractivity contribution >= 4 is 47.4 Å². The Bertz CT molecular complexity index is 1070. The molecule has 2 heterocycles. The summed E-state index contributed by atoms with van der Waals surface area (Å²) in [5.41, 5.74) is 8.45. The summed E-state index contributed by atoms with van der Waals surface area (Å²) in [4.78, 5) is 31.3. The molecule has 2 fully saturated rings. The topological polar surface area (TPSA) is 78.7 Å². The molecule has 2 aliphatic heterocycles. The maximum absolute atomic E-state index is 13.7. The van der Waals surface area contributed by atoms with Gasteiger partial charge < -0.3 is 16.0 Å². The van der Waals surface area contributed by atoms with Crippen molar-refractivity contribution in [3.05, 3.63) is 69.7 Å². The largest absolute Gasteiger partial charge is 0.350 e. The fraction of sp³-hybridized carbons (Fsp3) is 0.500. The molecule has 3 N–H and O–H groups in total. The third-order valence-corrected chi connectivity index (χ3v) is 7.99. The predicted octanol–water partition coefficient (Wildman–Crippen LogP) is 4.69. The molecule has 0 saturated carbocycles. The molecule has 2 amide bonds. The van der Waals surface area contributed by atoms with Gasteiger partial charge in [-0.1, -0.05) is 73.4 Å². The van der Waals surface area contributed by atoms with Crippen molar-refractivity contribution in [2.24, 2.45) is 11.7 Å². The third kappa shape index (κ3) is 7.39. The first kappa shape index (κ1) is 29.7. The lowest BCUT2D eigenvalue weighted by molar-refractivity contribution is -0.151. The number of aryl methyl sites for hydroxylation is 1. The van der Waals surface area contributed by atoms with Crippen molar-refractivity contribution in [3.63, 3.8) is 0 Å². The van der Waals surface area contributed by atoms with E-state index in [1.54, 1.807) is 12.1 Å². The number of halogens is 3. The molecule has 2 saturated heterocycles. The van der Waals surface area contributed by atoms with E-state index in [9.17, 15) is 9.59 Å². The van der Waals surface area contributed by atoms with Gasteiger partial charge >= 0.3 is 0 Å². The van der Waals surface area contributed by atoms with Crippen LogP contribution < -0.4 is 11.1 Å². The van der Waals surface area contributed by atoms with Crippen LogP contribution in [0.3, 0.4) is 0 Å². The maximum atomic E-state index is 13.7. The predicted molar refractivity (Wildman–Crippen MR) is 152 cm³/mol. The Balaban J connectivity index is 0.00000380. The minimum atomic E-state index is -0.529. The second-order valence-electron chi connectivity index (χ2n) is 10.5. The van der Waals surface area contributed by atoms with E-state index in [-0.39, 0.29) is 48.3 Å². The number of carbonyl (C=O) groups excluding carboxylic acids is 2. The van der Waals surface area contributed by atoms with Gasteiger partial charge in [0.2, 0.25) is 11.8 Å². The molecule has 2 aliphatic rings. The van der Waals surface area contributed by atoms with E-state index in [2.05, 4.69) is 48.3 Å². The normalized spacial score (nSPS) is 22.5. The van der Waals surface area contributed by atoms with E-state index in [1.165, 1.54) is 5.56 Å². The Morgan fingerprint density at radius 2 is 1.81 bits per heavy atom. The molecule has 2 aromatic carbocycles. The zero-order valence-corrected chi connectivity index (χ0v) is 23.7. The summed E-state index contributed by atoms with van der Waals surface area (Å²) < 4.78 is 0. The molecule has 0 spiro atoms. The molecule has 2 unspecified atom stereocenters. The Morgan fingerprint density at radius 1 is 1.08 bits per heavy atom. The number of nitrogens with two attached hydrogens (primary N) is 1. The van der Waals surface area contributed by atoms with Crippen LogP contribution in [0.25, 0.3) is 0 Å². The number of nitrogens with zero attached hydrogens (tertiary/aromatic N) is 2. The molecule has 9 heteroatoms. The zero-order chi connectivity index (χ0) is 25.8. The number of fused-ring (bicyclic) bond motifs is 1. The van der Waals surface area contributed by atoms with Crippen LogP contribution in [-0.2, 0) is 22.6 Å². The van der Waals surface area contributed by atoms with E-state index in [0.29, 0.717) is 36.0 Å². The van der Waals surface area contributed by atoms with Gasteiger partial charge in [-0.05, 0) is 54.9 Å². The van der Waals surface area contributed by atoms with Crippen LogP contribution in [0.4, 0.5) is 0 Å². The molecule has 0 aromatic heterocycles. The fourth-order valence-corrected chi connectivity index (χ4v) is 5.77. The first-order valence-electron chi connectivity index (χ1n) is 12.8. The monoisotopic (exact) mass is 566 g/mol. The average Bonchev–Trinajstić information content (AvgIpc) is 3.25. The molecule has 4 rings (SSSR count). The maximum Gasteiger partial charge on any atom is 0.243 e. The Morgan fingerprint density at radius 3 is 2.49 bits per heavy atom. The minimum absolute atomic E-state index is 0. The molecule has 202 valence electrons. The van der Waals surface area contributed by atoms with Crippen LogP contribution >= 0.6 is 35.6 Å². The Hall–Kier alpha value is -1.83. The number of nitrogens with one attached hydrogen (secondary N) is 1. The second kappa shape index (κ2) is 13.3. The van der Waals surface area contributed by atoms with Gasteiger partial charge in [-0.3, -0.25) is 14.5 Å². The van der Waals surface area contributed by atoms with Crippen LogP contribution in [0.1, 0.15) is 44.2 Å². The number of carbonyl (C=O) groups is 2. The first-order valence-corrected chi connectivity index (χ1v) is 13.6. The summed E-state index contributed by atoms with van der Waals surface area (Å²) >= 11 is 12.2. The van der Waals surface area contributed by atoms with Gasteiger partial charge in [-0.25, -0.2) is 0 Å². The third-order valence-electron chi connectivity index (χ3n) is 7.25. The molecule has 0 aliphatic carbocycles. The summed E-state index contributed by atoms with van der Waals surface area (Å²) in [6.07, 6.45) is 3.07. The summed E-state index contributed by atoms with van der Waals surface area (Å²) in [7, 11) is 0. The average molecular weight is 568 g/mol. The van der Waals surface area contributed by atoms with Crippen LogP contribution in [0.15, 0.2) is 48.5 Å². The summed E-state index contributed by atoms with van der Waals surface area (Å²) in [5, 5.41) is 3.96. The molecular weight excluding hydrogens is 531 g/mol. The molecule has 37 heavy (non-hydrogen) atoms. The minimum Gasteiger partial charge on any atom is -0.350 e. The fourth-order valence-electron chi connectivity index (χ4n) is 5.45. The molecule has 2 aromatic rings. The van der Waals surface area contributed by atoms with Crippen LogP contribution in [-0.4, -0.2) is 58.9 Å². The van der Waals surface area contributed by atoms with Crippen LogP contribution in [0, 0.1) is 5.92 Å². The lowest BCUT2D eigenvalue weighted by Crippen LogP contribution is -2.64. The number of amides is 2. The molecular formula is C28H37Cl3N4O2. The van der Waals surface area contributed by atoms with Gasteiger partial charge in [0.05, 0.1) is 16.1 Å². The van der Waals surface area contributed by atoms with E-state index in [4.69, 9.17) is 28.9 Å². The molecule has 0 bridgehead atoms. The number of hydrogen-bond donors (Lipinski definition) is 2. The Kier molecular flexibility index (Phi) is 10.7. The van der Waals surface area contributed by atoms with E-state index in [0.717, 1.165) is 24.9 Å². The summed E-state index contributed by atoms with van der Waals surface area (Å²) in [5.74, 6) is 0.139. The van der Waals surface area contributed by atoms with E-state index in [1.807, 2.05) is 17.0 Å². The highest BCUT2D eigenvalue weighted by Crippen LogP contribution is 2.31. The van der Waals surface area contributed by atoms with Crippen molar-refractivity contribution in [2.45, 2.75) is 70.2 Å². The number of piperazine rings is 1. The number of hydrogen-bond acceptors (Lipinski definition) is 4.